The summed E-state index contributed by atoms with van der Waals surface area (Å²) in [5.74, 6) is 2.78. The van der Waals surface area contributed by atoms with Crippen LogP contribution in [0.25, 0.3) is 0 Å². The molecule has 2 aliphatic rings. The van der Waals surface area contributed by atoms with Gasteiger partial charge in [0.1, 0.15) is 11.8 Å². The predicted octanol–water partition coefficient (Wildman–Crippen LogP) is 3.12. The minimum absolute atomic E-state index is 0.0349. The zero-order valence-electron chi connectivity index (χ0n) is 19.4. The Hall–Kier alpha value is -4.08. The number of carbonyl (C=O) groups is 1. The fourth-order valence-corrected chi connectivity index (χ4v) is 4.75. The molecular weight excluding hydrogens is 438 g/mol. The van der Waals surface area contributed by atoms with Crippen LogP contribution < -0.4 is 24.3 Å². The van der Waals surface area contributed by atoms with Crippen molar-refractivity contribution < 1.29 is 23.7 Å². The fraction of sp³-hybridized carbons (Fsp3) is 0.333. The number of ether oxygens (including phenoxy) is 4. The number of Topliss-reactive ketones (excluding diaryl/α,β-unsaturated/α-hetero) is 1. The lowest BCUT2D eigenvalue weighted by atomic mass is 9.78. The number of ketones is 1. The van der Waals surface area contributed by atoms with Crippen molar-refractivity contribution in [1.82, 2.24) is 20.2 Å². The molecule has 2 aromatic carbocycles. The summed E-state index contributed by atoms with van der Waals surface area (Å²) >= 11 is 0. The van der Waals surface area contributed by atoms with E-state index in [1.165, 1.54) is 0 Å². The topological polar surface area (TPSA) is 110 Å². The molecule has 0 spiro atoms. The summed E-state index contributed by atoms with van der Waals surface area (Å²) in [5, 5.41) is 15.4. The molecule has 34 heavy (non-hydrogen) atoms. The number of rotatable bonds is 6. The van der Waals surface area contributed by atoms with Gasteiger partial charge in [-0.25, -0.2) is 0 Å². The van der Waals surface area contributed by atoms with Gasteiger partial charge in [-0.05, 0) is 58.2 Å². The Morgan fingerprint density at radius 3 is 2.24 bits per heavy atom. The predicted molar refractivity (Wildman–Crippen MR) is 123 cm³/mol. The van der Waals surface area contributed by atoms with E-state index >= 15 is 0 Å². The number of hydrogen-bond donors (Lipinski definition) is 1. The molecule has 176 valence electrons. The molecule has 0 saturated carbocycles. The van der Waals surface area contributed by atoms with Crippen LogP contribution in [0.2, 0.25) is 0 Å². The summed E-state index contributed by atoms with van der Waals surface area (Å²) in [6.45, 7) is 0. The summed E-state index contributed by atoms with van der Waals surface area (Å²) in [6.07, 6.45) is 1.03. The van der Waals surface area contributed by atoms with Crippen molar-refractivity contribution in [1.29, 1.82) is 0 Å². The first-order chi connectivity index (χ1) is 16.6. The van der Waals surface area contributed by atoms with Gasteiger partial charge in [0.2, 0.25) is 11.7 Å². The first-order valence-electron chi connectivity index (χ1n) is 10.8. The van der Waals surface area contributed by atoms with Crippen LogP contribution in [0.15, 0.2) is 47.7 Å². The van der Waals surface area contributed by atoms with Crippen molar-refractivity contribution in [2.45, 2.75) is 24.8 Å². The molecule has 1 aromatic heterocycles. The minimum Gasteiger partial charge on any atom is -0.497 e. The monoisotopic (exact) mass is 463 g/mol. The Morgan fingerprint density at radius 1 is 0.912 bits per heavy atom. The van der Waals surface area contributed by atoms with Gasteiger partial charge in [-0.1, -0.05) is 17.2 Å². The van der Waals surface area contributed by atoms with Gasteiger partial charge >= 0.3 is 0 Å². The number of aromatic nitrogens is 4. The Labute approximate surface area is 196 Å². The van der Waals surface area contributed by atoms with Gasteiger partial charge in [0, 0.05) is 17.7 Å². The van der Waals surface area contributed by atoms with E-state index in [4.69, 9.17) is 18.9 Å². The molecule has 10 heteroatoms. The van der Waals surface area contributed by atoms with Gasteiger partial charge in [0.05, 0.1) is 28.4 Å². The molecule has 0 unspecified atom stereocenters. The molecular formula is C24H25N5O5. The van der Waals surface area contributed by atoms with Crippen molar-refractivity contribution in [2.24, 2.45) is 0 Å². The van der Waals surface area contributed by atoms with E-state index in [0.29, 0.717) is 41.6 Å². The molecule has 1 N–H and O–H groups in total. The fourth-order valence-electron chi connectivity index (χ4n) is 4.75. The second-order valence-corrected chi connectivity index (χ2v) is 8.13. The Kier molecular flexibility index (Phi) is 5.56. The summed E-state index contributed by atoms with van der Waals surface area (Å²) < 4.78 is 23.4. The van der Waals surface area contributed by atoms with E-state index in [-0.39, 0.29) is 11.7 Å². The second-order valence-electron chi connectivity index (χ2n) is 8.13. The van der Waals surface area contributed by atoms with E-state index in [1.54, 1.807) is 33.1 Å². The lowest BCUT2D eigenvalue weighted by Gasteiger charge is -2.35. The largest absolute Gasteiger partial charge is 0.497 e. The van der Waals surface area contributed by atoms with E-state index < -0.39 is 6.04 Å². The first kappa shape index (κ1) is 21.7. The number of carbonyl (C=O) groups excluding carboxylic acids is 1. The molecule has 0 fully saturated rings. The maximum absolute atomic E-state index is 13.6. The molecule has 0 saturated heterocycles. The van der Waals surface area contributed by atoms with Gasteiger partial charge in [-0.2, -0.15) is 4.68 Å². The Morgan fingerprint density at radius 2 is 1.62 bits per heavy atom. The lowest BCUT2D eigenvalue weighted by molar-refractivity contribution is -0.116. The number of hydrogen-bond acceptors (Lipinski definition) is 9. The lowest BCUT2D eigenvalue weighted by Crippen LogP contribution is -2.33. The highest BCUT2D eigenvalue weighted by molar-refractivity contribution is 6.00. The van der Waals surface area contributed by atoms with Crippen LogP contribution in [0.3, 0.4) is 0 Å². The molecule has 2 heterocycles. The highest BCUT2D eigenvalue weighted by Crippen LogP contribution is 2.47. The van der Waals surface area contributed by atoms with Crippen LogP contribution in [0.5, 0.6) is 23.0 Å². The molecule has 3 aromatic rings. The van der Waals surface area contributed by atoms with Crippen LogP contribution >= 0.6 is 0 Å². The number of nitrogens with one attached hydrogen (secondary N) is 1. The van der Waals surface area contributed by atoms with Crippen LogP contribution in [0.1, 0.15) is 35.9 Å². The number of fused-ring (bicyclic) bond motifs is 1. The summed E-state index contributed by atoms with van der Waals surface area (Å²) in [5.41, 5.74) is 3.29. The number of anilines is 1. The summed E-state index contributed by atoms with van der Waals surface area (Å²) in [7, 11) is 6.30. The maximum atomic E-state index is 13.6. The van der Waals surface area contributed by atoms with Crippen LogP contribution in [0.4, 0.5) is 5.95 Å². The molecule has 0 amide bonds. The molecule has 2 atom stereocenters. The standard InChI is InChI=1S/C24H25N5O5/c1-31-16-7-5-13(6-8-16)14-9-17-21(18(30)10-14)22(29-24(25-17)26-27-28-29)15-11-19(32-2)23(34-4)20(12-15)33-3/h5-8,11-12,14,22H,9-10H2,1-4H3,(H,25,26,28)/t14-,22+/m0/s1. The zero-order valence-corrected chi connectivity index (χ0v) is 19.4. The third-order valence-electron chi connectivity index (χ3n) is 6.37. The second kappa shape index (κ2) is 8.69. The average molecular weight is 463 g/mol. The Balaban J connectivity index is 1.60. The maximum Gasteiger partial charge on any atom is 0.248 e. The third kappa shape index (κ3) is 3.51. The van der Waals surface area contributed by atoms with Gasteiger partial charge in [0.25, 0.3) is 0 Å². The summed E-state index contributed by atoms with van der Waals surface area (Å²) in [4.78, 5) is 13.6. The molecule has 0 bridgehead atoms. The van der Waals surface area contributed by atoms with Crippen molar-refractivity contribution in [3.63, 3.8) is 0 Å². The molecule has 0 radical (unpaired) electrons. The minimum atomic E-state index is -0.528. The van der Waals surface area contributed by atoms with Gasteiger partial charge in [0.15, 0.2) is 17.3 Å². The third-order valence-corrected chi connectivity index (χ3v) is 6.37. The van der Waals surface area contributed by atoms with Crippen molar-refractivity contribution in [2.75, 3.05) is 33.8 Å². The number of nitrogens with zero attached hydrogens (tertiary/aromatic N) is 4. The van der Waals surface area contributed by atoms with E-state index in [0.717, 1.165) is 22.6 Å². The number of benzene rings is 2. The highest BCUT2D eigenvalue weighted by Gasteiger charge is 2.40. The quantitative estimate of drug-likeness (QED) is 0.589. The first-order valence-corrected chi connectivity index (χ1v) is 10.8. The van der Waals surface area contributed by atoms with Crippen molar-refractivity contribution in [3.8, 4) is 23.0 Å². The average Bonchev–Trinajstić information content (AvgIpc) is 3.34. The van der Waals surface area contributed by atoms with Crippen LogP contribution in [-0.2, 0) is 4.79 Å². The van der Waals surface area contributed by atoms with Gasteiger partial charge < -0.3 is 24.3 Å². The van der Waals surface area contributed by atoms with E-state index in [9.17, 15) is 4.79 Å². The van der Waals surface area contributed by atoms with E-state index in [2.05, 4.69) is 20.8 Å². The van der Waals surface area contributed by atoms with Crippen molar-refractivity contribution >= 4 is 11.7 Å². The van der Waals surface area contributed by atoms with Crippen LogP contribution in [-0.4, -0.2) is 54.4 Å². The molecule has 10 nitrogen and oxygen atoms in total. The van der Waals surface area contributed by atoms with Gasteiger partial charge in [-0.3, -0.25) is 4.79 Å². The molecule has 1 aliphatic carbocycles. The van der Waals surface area contributed by atoms with Crippen LogP contribution in [0, 0.1) is 0 Å². The Bertz CT molecular complexity index is 1240. The van der Waals surface area contributed by atoms with E-state index in [1.807, 2.05) is 36.4 Å². The highest BCUT2D eigenvalue weighted by atomic mass is 16.5. The number of tetrazole rings is 1. The zero-order chi connectivity index (χ0) is 23.8. The van der Waals surface area contributed by atoms with Gasteiger partial charge in [-0.15, -0.1) is 0 Å². The number of allylic oxidation sites excluding steroid dienone is 2. The SMILES string of the molecule is COc1ccc([C@@H]2CC(=O)C3=C(C2)Nc2nnnn2[C@@H]3c2cc(OC)c(OC)c(OC)c2)cc1. The molecule has 1 aliphatic heterocycles. The molecule has 5 rings (SSSR count). The smallest absolute Gasteiger partial charge is 0.248 e. The number of methoxy groups -OCH3 is 4. The van der Waals surface area contributed by atoms with Crippen molar-refractivity contribution in [3.05, 3.63) is 58.8 Å². The normalized spacial score (nSPS) is 19.1. The summed E-state index contributed by atoms with van der Waals surface area (Å²) in [6, 6.07) is 11.0.